The maximum Gasteiger partial charge on any atom is 0.287 e. The van der Waals surface area contributed by atoms with E-state index in [0.717, 1.165) is 17.1 Å². The predicted molar refractivity (Wildman–Crippen MR) is 86.5 cm³/mol. The molecule has 1 aromatic carbocycles. The number of furan rings is 1. The van der Waals surface area contributed by atoms with Gasteiger partial charge in [-0.3, -0.25) is 4.79 Å². The Hall–Kier alpha value is -2.34. The second-order valence-corrected chi connectivity index (χ2v) is 5.51. The number of halogens is 1. The molecule has 0 aliphatic rings. The molecule has 6 heteroatoms. The van der Waals surface area contributed by atoms with Crippen molar-refractivity contribution in [1.82, 2.24) is 15.3 Å². The molecule has 2 heterocycles. The summed E-state index contributed by atoms with van der Waals surface area (Å²) in [5.74, 6) is 0.895. The van der Waals surface area contributed by atoms with Crippen LogP contribution in [0, 0.1) is 0 Å². The van der Waals surface area contributed by atoms with Crippen LogP contribution < -0.4 is 5.32 Å². The molecule has 0 aliphatic heterocycles. The van der Waals surface area contributed by atoms with Gasteiger partial charge in [-0.1, -0.05) is 30.3 Å². The van der Waals surface area contributed by atoms with E-state index in [2.05, 4.69) is 31.2 Å². The van der Waals surface area contributed by atoms with Crippen molar-refractivity contribution in [2.45, 2.75) is 6.42 Å². The van der Waals surface area contributed by atoms with Gasteiger partial charge >= 0.3 is 0 Å². The van der Waals surface area contributed by atoms with Gasteiger partial charge in [-0.05, 0) is 28.1 Å². The van der Waals surface area contributed by atoms with Crippen LogP contribution in [0.5, 0.6) is 0 Å². The zero-order valence-electron chi connectivity index (χ0n) is 11.7. The van der Waals surface area contributed by atoms with Crippen molar-refractivity contribution < 1.29 is 9.21 Å². The highest BCUT2D eigenvalue weighted by Gasteiger charge is 2.10. The summed E-state index contributed by atoms with van der Waals surface area (Å²) in [6.07, 6.45) is 2.46. The lowest BCUT2D eigenvalue weighted by Crippen LogP contribution is -2.25. The number of carbonyl (C=O) groups is 1. The first-order chi connectivity index (χ1) is 10.7. The summed E-state index contributed by atoms with van der Waals surface area (Å²) < 4.78 is 5.73. The number of nitrogens with one attached hydrogen (secondary N) is 2. The van der Waals surface area contributed by atoms with Gasteiger partial charge < -0.3 is 14.7 Å². The summed E-state index contributed by atoms with van der Waals surface area (Å²) in [4.78, 5) is 19.4. The fraction of sp³-hybridized carbons (Fsp3) is 0.125. The maximum atomic E-state index is 11.8. The number of aromatic nitrogens is 2. The van der Waals surface area contributed by atoms with E-state index in [4.69, 9.17) is 4.42 Å². The first-order valence-corrected chi connectivity index (χ1v) is 7.64. The van der Waals surface area contributed by atoms with Crippen LogP contribution in [0.2, 0.25) is 0 Å². The summed E-state index contributed by atoms with van der Waals surface area (Å²) >= 11 is 3.17. The van der Waals surface area contributed by atoms with Gasteiger partial charge in [0.25, 0.3) is 5.91 Å². The second-order valence-electron chi connectivity index (χ2n) is 4.73. The molecule has 3 rings (SSSR count). The summed E-state index contributed by atoms with van der Waals surface area (Å²) in [5, 5.41) is 2.81. The normalized spacial score (nSPS) is 10.6. The van der Waals surface area contributed by atoms with Crippen molar-refractivity contribution in [3.63, 3.8) is 0 Å². The average molecular weight is 360 g/mol. The smallest absolute Gasteiger partial charge is 0.287 e. The lowest BCUT2D eigenvalue weighted by molar-refractivity contribution is 0.0925. The molecule has 0 spiro atoms. The number of imidazole rings is 1. The third-order valence-electron chi connectivity index (χ3n) is 3.15. The number of rotatable bonds is 5. The van der Waals surface area contributed by atoms with Crippen LogP contribution in [0.1, 0.15) is 16.2 Å². The highest BCUT2D eigenvalue weighted by atomic mass is 79.9. The summed E-state index contributed by atoms with van der Waals surface area (Å²) in [6.45, 7) is 0.508. The van der Waals surface area contributed by atoms with E-state index < -0.39 is 0 Å². The number of hydrogen-bond donors (Lipinski definition) is 2. The zero-order valence-corrected chi connectivity index (χ0v) is 13.3. The summed E-state index contributed by atoms with van der Waals surface area (Å²) in [6, 6.07) is 13.2. The number of amides is 1. The summed E-state index contributed by atoms with van der Waals surface area (Å²) in [5.41, 5.74) is 2.01. The van der Waals surface area contributed by atoms with E-state index >= 15 is 0 Å². The third kappa shape index (κ3) is 3.46. The van der Waals surface area contributed by atoms with Crippen LogP contribution >= 0.6 is 15.9 Å². The van der Waals surface area contributed by atoms with Gasteiger partial charge in [0.05, 0.1) is 0 Å². The number of nitrogens with zero attached hydrogens (tertiary/aromatic N) is 1. The lowest BCUT2D eigenvalue weighted by Gasteiger charge is -2.01. The lowest BCUT2D eigenvalue weighted by atomic mass is 10.2. The third-order valence-corrected chi connectivity index (χ3v) is 3.58. The first kappa shape index (κ1) is 14.6. The van der Waals surface area contributed by atoms with Gasteiger partial charge in [0.15, 0.2) is 10.4 Å². The fourth-order valence-electron chi connectivity index (χ4n) is 2.06. The molecule has 2 N–H and O–H groups in total. The van der Waals surface area contributed by atoms with Gasteiger partial charge in [-0.2, -0.15) is 0 Å². The van der Waals surface area contributed by atoms with Crippen LogP contribution in [0.15, 0.2) is 57.7 Å². The van der Waals surface area contributed by atoms with E-state index in [1.165, 1.54) is 0 Å². The molecule has 0 radical (unpaired) electrons. The van der Waals surface area contributed by atoms with Gasteiger partial charge in [0.1, 0.15) is 5.82 Å². The Bertz CT molecular complexity index is 765. The fourth-order valence-corrected chi connectivity index (χ4v) is 2.37. The van der Waals surface area contributed by atoms with Gasteiger partial charge in [0, 0.05) is 30.4 Å². The quantitative estimate of drug-likeness (QED) is 0.733. The highest BCUT2D eigenvalue weighted by Crippen LogP contribution is 2.15. The Morgan fingerprint density at radius 3 is 2.77 bits per heavy atom. The van der Waals surface area contributed by atoms with E-state index in [1.54, 1.807) is 18.3 Å². The summed E-state index contributed by atoms with van der Waals surface area (Å²) in [7, 11) is 0. The van der Waals surface area contributed by atoms with Crippen LogP contribution in [0.4, 0.5) is 0 Å². The van der Waals surface area contributed by atoms with Crippen molar-refractivity contribution in [2.24, 2.45) is 0 Å². The Labute approximate surface area is 135 Å². The van der Waals surface area contributed by atoms with Crippen LogP contribution in [-0.4, -0.2) is 22.4 Å². The van der Waals surface area contributed by atoms with Crippen molar-refractivity contribution in [3.05, 3.63) is 64.8 Å². The zero-order chi connectivity index (χ0) is 15.4. The molecular formula is C16H14BrN3O2. The van der Waals surface area contributed by atoms with Gasteiger partial charge in [-0.15, -0.1) is 0 Å². The molecule has 0 unspecified atom stereocenters. The maximum absolute atomic E-state index is 11.8. The predicted octanol–water partition coefficient (Wildman–Crippen LogP) is 3.40. The molecule has 2 aromatic heterocycles. The molecule has 0 fully saturated rings. The molecule has 22 heavy (non-hydrogen) atoms. The molecule has 5 nitrogen and oxygen atoms in total. The van der Waals surface area contributed by atoms with E-state index in [1.807, 2.05) is 30.3 Å². The molecule has 0 saturated heterocycles. The van der Waals surface area contributed by atoms with Crippen molar-refractivity contribution >= 4 is 21.8 Å². The van der Waals surface area contributed by atoms with Gasteiger partial charge in [-0.25, -0.2) is 4.98 Å². The van der Waals surface area contributed by atoms with E-state index in [0.29, 0.717) is 23.4 Å². The minimum Gasteiger partial charge on any atom is -0.444 e. The topological polar surface area (TPSA) is 70.9 Å². The monoisotopic (exact) mass is 359 g/mol. The largest absolute Gasteiger partial charge is 0.444 e. The van der Waals surface area contributed by atoms with Crippen molar-refractivity contribution in [2.75, 3.05) is 6.54 Å². The van der Waals surface area contributed by atoms with E-state index in [-0.39, 0.29) is 5.91 Å². The van der Waals surface area contributed by atoms with Crippen LogP contribution in [0.3, 0.4) is 0 Å². The van der Waals surface area contributed by atoms with Crippen molar-refractivity contribution in [1.29, 1.82) is 0 Å². The molecule has 0 atom stereocenters. The molecule has 112 valence electrons. The average Bonchev–Trinajstić information content (AvgIpc) is 3.17. The molecule has 0 bridgehead atoms. The Morgan fingerprint density at radius 1 is 1.23 bits per heavy atom. The first-order valence-electron chi connectivity index (χ1n) is 6.85. The van der Waals surface area contributed by atoms with Crippen molar-refractivity contribution in [3.8, 4) is 11.4 Å². The molecule has 0 saturated carbocycles. The number of H-pyrrole nitrogens is 1. The number of aromatic amines is 1. The minimum absolute atomic E-state index is 0.228. The Kier molecular flexibility index (Phi) is 4.39. The number of benzene rings is 1. The number of hydrogen-bond acceptors (Lipinski definition) is 3. The van der Waals surface area contributed by atoms with E-state index in [9.17, 15) is 4.79 Å². The second kappa shape index (κ2) is 6.62. The van der Waals surface area contributed by atoms with Crippen LogP contribution in [-0.2, 0) is 6.42 Å². The SMILES string of the molecule is O=C(NCCc1cnc(-c2ccccc2)[nH]1)c1ccc(Br)o1. The minimum atomic E-state index is -0.228. The Balaban J connectivity index is 1.54. The standard InChI is InChI=1S/C16H14BrN3O2/c17-14-7-6-13(22-14)16(21)18-9-8-12-10-19-15(20-12)11-4-2-1-3-5-11/h1-7,10H,8-9H2,(H,18,21)(H,19,20). The molecule has 0 aliphatic carbocycles. The van der Waals surface area contributed by atoms with Crippen LogP contribution in [0.25, 0.3) is 11.4 Å². The van der Waals surface area contributed by atoms with Gasteiger partial charge in [0.2, 0.25) is 0 Å². The molecular weight excluding hydrogens is 346 g/mol. The molecule has 1 amide bonds. The molecule has 3 aromatic rings. The highest BCUT2D eigenvalue weighted by molar-refractivity contribution is 9.10. The number of carbonyl (C=O) groups excluding carboxylic acids is 1. The Morgan fingerprint density at radius 2 is 2.05 bits per heavy atom.